The Bertz CT molecular complexity index is 552. The highest BCUT2D eigenvalue weighted by Gasteiger charge is 2.11. The SMILES string of the molecule is CCOc1cccc(-c2nc(C)c(F)c(Cl)n2)c1. The third-order valence-corrected chi connectivity index (χ3v) is 2.63. The number of aromatic nitrogens is 2. The first-order valence-electron chi connectivity index (χ1n) is 5.54. The molecular formula is C13H12ClFN2O. The zero-order valence-corrected chi connectivity index (χ0v) is 10.8. The Morgan fingerprint density at radius 3 is 2.78 bits per heavy atom. The summed E-state index contributed by atoms with van der Waals surface area (Å²) in [5, 5.41) is -0.167. The average molecular weight is 267 g/mol. The van der Waals surface area contributed by atoms with Crippen LogP contribution in [0.3, 0.4) is 0 Å². The van der Waals surface area contributed by atoms with Gasteiger partial charge in [0.2, 0.25) is 0 Å². The summed E-state index contributed by atoms with van der Waals surface area (Å²) in [4.78, 5) is 8.01. The van der Waals surface area contributed by atoms with E-state index in [-0.39, 0.29) is 10.8 Å². The molecule has 0 saturated heterocycles. The lowest BCUT2D eigenvalue weighted by Gasteiger charge is -2.06. The third-order valence-electron chi connectivity index (χ3n) is 2.38. The summed E-state index contributed by atoms with van der Waals surface area (Å²) in [6.07, 6.45) is 0. The van der Waals surface area contributed by atoms with Crippen molar-refractivity contribution in [2.45, 2.75) is 13.8 Å². The van der Waals surface area contributed by atoms with E-state index in [1.54, 1.807) is 13.0 Å². The van der Waals surface area contributed by atoms with Gasteiger partial charge in [0.25, 0.3) is 0 Å². The first-order chi connectivity index (χ1) is 8.61. The van der Waals surface area contributed by atoms with Gasteiger partial charge in [-0.05, 0) is 26.0 Å². The van der Waals surface area contributed by atoms with Crippen molar-refractivity contribution in [3.8, 4) is 17.1 Å². The highest BCUT2D eigenvalue weighted by atomic mass is 35.5. The van der Waals surface area contributed by atoms with Gasteiger partial charge in [-0.1, -0.05) is 23.7 Å². The Balaban J connectivity index is 2.45. The average Bonchev–Trinajstić information content (AvgIpc) is 2.36. The van der Waals surface area contributed by atoms with E-state index in [9.17, 15) is 4.39 Å². The highest BCUT2D eigenvalue weighted by molar-refractivity contribution is 6.29. The lowest BCUT2D eigenvalue weighted by Crippen LogP contribution is -1.98. The maximum atomic E-state index is 13.3. The number of aryl methyl sites for hydroxylation is 1. The molecule has 0 bridgehead atoms. The predicted octanol–water partition coefficient (Wildman–Crippen LogP) is 3.64. The molecular weight excluding hydrogens is 255 g/mol. The van der Waals surface area contributed by atoms with Crippen LogP contribution >= 0.6 is 11.6 Å². The third kappa shape index (κ3) is 2.59. The molecule has 0 aliphatic heterocycles. The molecule has 0 saturated carbocycles. The van der Waals surface area contributed by atoms with Crippen molar-refractivity contribution >= 4 is 11.6 Å². The van der Waals surface area contributed by atoms with Gasteiger partial charge < -0.3 is 4.74 Å². The molecule has 2 aromatic rings. The van der Waals surface area contributed by atoms with Crippen LogP contribution in [0.4, 0.5) is 4.39 Å². The molecule has 2 rings (SSSR count). The molecule has 1 aromatic carbocycles. The van der Waals surface area contributed by atoms with Crippen molar-refractivity contribution in [1.82, 2.24) is 9.97 Å². The Hall–Kier alpha value is -1.68. The van der Waals surface area contributed by atoms with Crippen LogP contribution in [0.1, 0.15) is 12.6 Å². The van der Waals surface area contributed by atoms with Crippen LogP contribution in [0.2, 0.25) is 5.15 Å². The lowest BCUT2D eigenvalue weighted by molar-refractivity contribution is 0.340. The van der Waals surface area contributed by atoms with Gasteiger partial charge in [0.15, 0.2) is 16.8 Å². The molecule has 0 radical (unpaired) electrons. The van der Waals surface area contributed by atoms with Crippen LogP contribution in [0.25, 0.3) is 11.4 Å². The first-order valence-corrected chi connectivity index (χ1v) is 5.92. The molecule has 0 aliphatic carbocycles. The molecule has 0 spiro atoms. The van der Waals surface area contributed by atoms with Gasteiger partial charge in [-0.25, -0.2) is 14.4 Å². The predicted molar refractivity (Wildman–Crippen MR) is 68.3 cm³/mol. The smallest absolute Gasteiger partial charge is 0.181 e. The Kier molecular flexibility index (Phi) is 3.77. The summed E-state index contributed by atoms with van der Waals surface area (Å²) >= 11 is 5.71. The van der Waals surface area contributed by atoms with Gasteiger partial charge in [0.1, 0.15) is 5.75 Å². The minimum Gasteiger partial charge on any atom is -0.494 e. The first kappa shape index (κ1) is 12.8. The molecule has 18 heavy (non-hydrogen) atoms. The van der Waals surface area contributed by atoms with Crippen LogP contribution in [-0.4, -0.2) is 16.6 Å². The Morgan fingerprint density at radius 1 is 1.33 bits per heavy atom. The fraction of sp³-hybridized carbons (Fsp3) is 0.231. The van der Waals surface area contributed by atoms with Gasteiger partial charge in [-0.15, -0.1) is 0 Å². The Labute approximate surface area is 110 Å². The zero-order chi connectivity index (χ0) is 13.1. The fourth-order valence-corrected chi connectivity index (χ4v) is 1.76. The van der Waals surface area contributed by atoms with E-state index in [1.165, 1.54) is 0 Å². The number of benzene rings is 1. The maximum Gasteiger partial charge on any atom is 0.181 e. The minimum absolute atomic E-state index is 0.167. The number of rotatable bonds is 3. The fourth-order valence-electron chi connectivity index (χ4n) is 1.55. The van der Waals surface area contributed by atoms with E-state index in [2.05, 4.69) is 9.97 Å². The summed E-state index contributed by atoms with van der Waals surface area (Å²) in [5.74, 6) is 0.526. The summed E-state index contributed by atoms with van der Waals surface area (Å²) in [7, 11) is 0. The molecule has 0 aliphatic rings. The van der Waals surface area contributed by atoms with Crippen molar-refractivity contribution in [1.29, 1.82) is 0 Å². The maximum absolute atomic E-state index is 13.3. The Morgan fingerprint density at radius 2 is 2.11 bits per heavy atom. The van der Waals surface area contributed by atoms with E-state index in [0.717, 1.165) is 11.3 Å². The second-order valence-electron chi connectivity index (χ2n) is 3.70. The molecule has 3 nitrogen and oxygen atoms in total. The molecule has 94 valence electrons. The van der Waals surface area contributed by atoms with Crippen molar-refractivity contribution in [3.63, 3.8) is 0 Å². The minimum atomic E-state index is -0.582. The molecule has 5 heteroatoms. The van der Waals surface area contributed by atoms with Crippen LogP contribution in [0.15, 0.2) is 24.3 Å². The molecule has 1 heterocycles. The summed E-state index contributed by atoms with van der Waals surface area (Å²) in [6, 6.07) is 7.29. The largest absolute Gasteiger partial charge is 0.494 e. The molecule has 1 aromatic heterocycles. The number of hydrogen-bond acceptors (Lipinski definition) is 3. The van der Waals surface area contributed by atoms with E-state index in [0.29, 0.717) is 12.4 Å². The van der Waals surface area contributed by atoms with E-state index < -0.39 is 5.82 Å². The monoisotopic (exact) mass is 266 g/mol. The summed E-state index contributed by atoms with van der Waals surface area (Å²) < 4.78 is 18.7. The number of ether oxygens (including phenoxy) is 1. The van der Waals surface area contributed by atoms with Crippen molar-refractivity contribution < 1.29 is 9.13 Å². The van der Waals surface area contributed by atoms with Gasteiger partial charge in [-0.3, -0.25) is 0 Å². The molecule has 0 unspecified atom stereocenters. The normalized spacial score (nSPS) is 10.4. The molecule has 0 N–H and O–H groups in total. The second kappa shape index (κ2) is 5.31. The van der Waals surface area contributed by atoms with Crippen molar-refractivity contribution in [3.05, 3.63) is 40.9 Å². The second-order valence-corrected chi connectivity index (χ2v) is 4.06. The van der Waals surface area contributed by atoms with E-state index in [4.69, 9.17) is 16.3 Å². The molecule has 0 amide bonds. The van der Waals surface area contributed by atoms with Crippen LogP contribution in [-0.2, 0) is 0 Å². The number of nitrogens with zero attached hydrogens (tertiary/aromatic N) is 2. The zero-order valence-electron chi connectivity index (χ0n) is 10.1. The topological polar surface area (TPSA) is 35.0 Å². The van der Waals surface area contributed by atoms with Gasteiger partial charge in [0, 0.05) is 5.56 Å². The van der Waals surface area contributed by atoms with Gasteiger partial charge in [0.05, 0.1) is 12.3 Å². The van der Waals surface area contributed by atoms with Crippen molar-refractivity contribution in [2.75, 3.05) is 6.61 Å². The van der Waals surface area contributed by atoms with Crippen LogP contribution in [0, 0.1) is 12.7 Å². The standard InChI is InChI=1S/C13H12ClFN2O/c1-3-18-10-6-4-5-9(7-10)13-16-8(2)11(15)12(14)17-13/h4-7H,3H2,1-2H3. The van der Waals surface area contributed by atoms with Crippen LogP contribution in [0.5, 0.6) is 5.75 Å². The van der Waals surface area contributed by atoms with E-state index >= 15 is 0 Å². The lowest BCUT2D eigenvalue weighted by atomic mass is 10.2. The quantitative estimate of drug-likeness (QED) is 0.796. The van der Waals surface area contributed by atoms with E-state index in [1.807, 2.05) is 25.1 Å². The number of hydrogen-bond donors (Lipinski definition) is 0. The molecule has 0 atom stereocenters. The van der Waals surface area contributed by atoms with Gasteiger partial charge >= 0.3 is 0 Å². The summed E-state index contributed by atoms with van der Waals surface area (Å²) in [5.41, 5.74) is 0.970. The van der Waals surface area contributed by atoms with Gasteiger partial charge in [-0.2, -0.15) is 0 Å². The summed E-state index contributed by atoms with van der Waals surface area (Å²) in [6.45, 7) is 4.04. The number of halogens is 2. The molecule has 0 fully saturated rings. The highest BCUT2D eigenvalue weighted by Crippen LogP contribution is 2.24. The van der Waals surface area contributed by atoms with Crippen molar-refractivity contribution in [2.24, 2.45) is 0 Å². The van der Waals surface area contributed by atoms with Crippen LogP contribution < -0.4 is 4.74 Å².